The quantitative estimate of drug-likeness (QED) is 0.714. The summed E-state index contributed by atoms with van der Waals surface area (Å²) in [5.74, 6) is 2.67. The van der Waals surface area contributed by atoms with Gasteiger partial charge in [0.05, 0.1) is 11.0 Å². The lowest BCUT2D eigenvalue weighted by Gasteiger charge is -2.31. The monoisotopic (exact) mass is 377 g/mol. The summed E-state index contributed by atoms with van der Waals surface area (Å²) in [6.07, 6.45) is 1.85. The number of nitrogens with one attached hydrogen (secondary N) is 1. The highest BCUT2D eigenvalue weighted by atomic mass is 16.5. The van der Waals surface area contributed by atoms with Gasteiger partial charge in [0, 0.05) is 19.0 Å². The zero-order valence-electron chi connectivity index (χ0n) is 16.5. The van der Waals surface area contributed by atoms with Crippen LogP contribution in [0.5, 0.6) is 5.75 Å². The van der Waals surface area contributed by atoms with Gasteiger partial charge in [-0.3, -0.25) is 4.79 Å². The zero-order valence-corrected chi connectivity index (χ0v) is 16.5. The maximum atomic E-state index is 12.6. The van der Waals surface area contributed by atoms with E-state index in [4.69, 9.17) is 9.72 Å². The van der Waals surface area contributed by atoms with Gasteiger partial charge in [-0.1, -0.05) is 38.1 Å². The van der Waals surface area contributed by atoms with Crippen molar-refractivity contribution < 1.29 is 9.53 Å². The highest BCUT2D eigenvalue weighted by Gasteiger charge is 2.26. The summed E-state index contributed by atoms with van der Waals surface area (Å²) in [6, 6.07) is 16.1. The number of aromatic amines is 1. The van der Waals surface area contributed by atoms with Crippen molar-refractivity contribution in [2.75, 3.05) is 19.7 Å². The first-order valence-electron chi connectivity index (χ1n) is 10.1. The number of ether oxygens (including phenoxy) is 1. The van der Waals surface area contributed by atoms with E-state index in [2.05, 4.69) is 31.0 Å². The molecule has 0 spiro atoms. The van der Waals surface area contributed by atoms with Gasteiger partial charge in [-0.2, -0.15) is 0 Å². The standard InChI is InChI=1S/C23H27N3O2/c1-16(2)18-6-5-7-19(14-18)28-15-22(27)26-12-10-17(11-13-26)23-24-20-8-3-4-9-21(20)25-23/h3-9,14,16-17H,10-13,15H2,1-2H3,(H,24,25). The molecule has 2 aromatic carbocycles. The summed E-state index contributed by atoms with van der Waals surface area (Å²) in [5.41, 5.74) is 3.30. The van der Waals surface area contributed by atoms with Gasteiger partial charge < -0.3 is 14.6 Å². The molecule has 3 aromatic rings. The molecule has 5 nitrogen and oxygen atoms in total. The molecular weight excluding hydrogens is 350 g/mol. The average Bonchev–Trinajstić information content (AvgIpc) is 3.16. The number of carbonyl (C=O) groups excluding carboxylic acids is 1. The van der Waals surface area contributed by atoms with Crippen LogP contribution in [0.1, 0.15) is 49.9 Å². The number of H-pyrrole nitrogens is 1. The van der Waals surface area contributed by atoms with Crippen molar-refractivity contribution >= 4 is 16.9 Å². The number of carbonyl (C=O) groups is 1. The Balaban J connectivity index is 1.31. The van der Waals surface area contributed by atoms with Gasteiger partial charge in [-0.05, 0) is 48.6 Å². The van der Waals surface area contributed by atoms with Crippen LogP contribution in [0.25, 0.3) is 11.0 Å². The number of piperidine rings is 1. The van der Waals surface area contributed by atoms with Crippen molar-refractivity contribution in [1.29, 1.82) is 0 Å². The summed E-state index contributed by atoms with van der Waals surface area (Å²) in [4.78, 5) is 22.6. The van der Waals surface area contributed by atoms with Gasteiger partial charge in [0.15, 0.2) is 6.61 Å². The first kappa shape index (κ1) is 18.5. The summed E-state index contributed by atoms with van der Waals surface area (Å²) >= 11 is 0. The SMILES string of the molecule is CC(C)c1cccc(OCC(=O)N2CCC(c3nc4ccccc4[nH]3)CC2)c1. The molecule has 5 heteroatoms. The van der Waals surface area contributed by atoms with Crippen LogP contribution in [0.2, 0.25) is 0 Å². The fraction of sp³-hybridized carbons (Fsp3) is 0.391. The minimum Gasteiger partial charge on any atom is -0.484 e. The number of benzene rings is 2. The molecule has 0 unspecified atom stereocenters. The molecular formula is C23H27N3O2. The molecule has 0 bridgehead atoms. The molecule has 0 radical (unpaired) electrons. The van der Waals surface area contributed by atoms with Crippen LogP contribution in [0.3, 0.4) is 0 Å². The molecule has 1 saturated heterocycles. The number of rotatable bonds is 5. The number of likely N-dealkylation sites (tertiary alicyclic amines) is 1. The number of aromatic nitrogens is 2. The summed E-state index contributed by atoms with van der Waals surface area (Å²) < 4.78 is 5.75. The fourth-order valence-electron chi connectivity index (χ4n) is 3.77. The molecule has 1 aliphatic rings. The summed E-state index contributed by atoms with van der Waals surface area (Å²) in [6.45, 7) is 5.88. The number of fused-ring (bicyclic) bond motifs is 1. The zero-order chi connectivity index (χ0) is 19.5. The number of hydrogen-bond donors (Lipinski definition) is 1. The number of hydrogen-bond acceptors (Lipinski definition) is 3. The number of amides is 1. The van der Waals surface area contributed by atoms with E-state index in [-0.39, 0.29) is 12.5 Å². The molecule has 0 saturated carbocycles. The Bertz CT molecular complexity index is 922. The van der Waals surface area contributed by atoms with Gasteiger partial charge in [0.2, 0.25) is 0 Å². The van der Waals surface area contributed by atoms with Gasteiger partial charge in [0.1, 0.15) is 11.6 Å². The van der Waals surface area contributed by atoms with Crippen LogP contribution in [0.15, 0.2) is 48.5 Å². The third-order valence-electron chi connectivity index (χ3n) is 5.53. The second-order valence-corrected chi connectivity index (χ2v) is 7.81. The van der Waals surface area contributed by atoms with E-state index in [1.54, 1.807) is 0 Å². The molecule has 1 aromatic heterocycles. The van der Waals surface area contributed by atoms with Crippen LogP contribution in [-0.4, -0.2) is 40.5 Å². The van der Waals surface area contributed by atoms with E-state index in [1.165, 1.54) is 5.56 Å². The lowest BCUT2D eigenvalue weighted by atomic mass is 9.96. The molecule has 0 atom stereocenters. The van der Waals surface area contributed by atoms with Crippen molar-refractivity contribution in [2.24, 2.45) is 0 Å². The van der Waals surface area contributed by atoms with E-state index in [9.17, 15) is 4.79 Å². The number of para-hydroxylation sites is 2. The highest BCUT2D eigenvalue weighted by Crippen LogP contribution is 2.28. The Morgan fingerprint density at radius 1 is 1.18 bits per heavy atom. The molecule has 1 N–H and O–H groups in total. The van der Waals surface area contributed by atoms with Crippen LogP contribution in [-0.2, 0) is 4.79 Å². The second kappa shape index (κ2) is 8.05. The normalized spacial score (nSPS) is 15.3. The predicted molar refractivity (Wildman–Crippen MR) is 111 cm³/mol. The smallest absolute Gasteiger partial charge is 0.260 e. The molecule has 1 fully saturated rings. The number of nitrogens with zero attached hydrogens (tertiary/aromatic N) is 2. The van der Waals surface area contributed by atoms with Crippen molar-refractivity contribution in [1.82, 2.24) is 14.9 Å². The molecule has 4 rings (SSSR count). The third-order valence-corrected chi connectivity index (χ3v) is 5.53. The Hall–Kier alpha value is -2.82. The average molecular weight is 377 g/mol. The lowest BCUT2D eigenvalue weighted by molar-refractivity contribution is -0.134. The third kappa shape index (κ3) is 4.03. The van der Waals surface area contributed by atoms with E-state index in [0.717, 1.165) is 48.5 Å². The first-order chi connectivity index (χ1) is 13.6. The van der Waals surface area contributed by atoms with Gasteiger partial charge in [-0.25, -0.2) is 4.98 Å². The van der Waals surface area contributed by atoms with E-state index < -0.39 is 0 Å². The Morgan fingerprint density at radius 2 is 1.96 bits per heavy atom. The molecule has 28 heavy (non-hydrogen) atoms. The van der Waals surface area contributed by atoms with Crippen molar-refractivity contribution in [3.8, 4) is 5.75 Å². The Kier molecular flexibility index (Phi) is 5.33. The molecule has 1 aliphatic heterocycles. The second-order valence-electron chi connectivity index (χ2n) is 7.81. The molecule has 0 aliphatic carbocycles. The van der Waals surface area contributed by atoms with Gasteiger partial charge >= 0.3 is 0 Å². The van der Waals surface area contributed by atoms with Crippen molar-refractivity contribution in [3.05, 3.63) is 59.9 Å². The fourth-order valence-corrected chi connectivity index (χ4v) is 3.77. The van der Waals surface area contributed by atoms with Gasteiger partial charge in [-0.15, -0.1) is 0 Å². The first-order valence-corrected chi connectivity index (χ1v) is 10.1. The van der Waals surface area contributed by atoms with Crippen LogP contribution in [0, 0.1) is 0 Å². The molecule has 1 amide bonds. The Labute approximate surface area is 165 Å². The highest BCUT2D eigenvalue weighted by molar-refractivity contribution is 5.78. The largest absolute Gasteiger partial charge is 0.484 e. The topological polar surface area (TPSA) is 58.2 Å². The molecule has 2 heterocycles. The lowest BCUT2D eigenvalue weighted by Crippen LogP contribution is -2.40. The van der Waals surface area contributed by atoms with Gasteiger partial charge in [0.25, 0.3) is 5.91 Å². The number of imidazole rings is 1. The van der Waals surface area contributed by atoms with E-state index in [0.29, 0.717) is 11.8 Å². The maximum Gasteiger partial charge on any atom is 0.260 e. The minimum atomic E-state index is 0.0537. The van der Waals surface area contributed by atoms with Crippen LogP contribution in [0.4, 0.5) is 0 Å². The van der Waals surface area contributed by atoms with Crippen LogP contribution < -0.4 is 4.74 Å². The maximum absolute atomic E-state index is 12.6. The van der Waals surface area contributed by atoms with E-state index >= 15 is 0 Å². The summed E-state index contributed by atoms with van der Waals surface area (Å²) in [5, 5.41) is 0. The molecule has 146 valence electrons. The van der Waals surface area contributed by atoms with Crippen molar-refractivity contribution in [2.45, 2.75) is 38.5 Å². The predicted octanol–water partition coefficient (Wildman–Crippen LogP) is 4.47. The summed E-state index contributed by atoms with van der Waals surface area (Å²) in [7, 11) is 0. The van der Waals surface area contributed by atoms with E-state index in [1.807, 2.05) is 41.3 Å². The van der Waals surface area contributed by atoms with Crippen LogP contribution >= 0.6 is 0 Å². The Morgan fingerprint density at radius 3 is 2.71 bits per heavy atom. The minimum absolute atomic E-state index is 0.0537. The van der Waals surface area contributed by atoms with Crippen molar-refractivity contribution in [3.63, 3.8) is 0 Å².